The molecule has 4 aromatic rings. The van der Waals surface area contributed by atoms with Gasteiger partial charge in [-0.3, -0.25) is 4.90 Å². The van der Waals surface area contributed by atoms with E-state index in [4.69, 9.17) is 10.1 Å². The molecule has 1 fully saturated rings. The lowest BCUT2D eigenvalue weighted by atomic mass is 10.1. The van der Waals surface area contributed by atoms with Gasteiger partial charge in [0.05, 0.1) is 5.69 Å². The van der Waals surface area contributed by atoms with Gasteiger partial charge in [0, 0.05) is 55.6 Å². The minimum absolute atomic E-state index is 0.956. The van der Waals surface area contributed by atoms with Crippen LogP contribution in [0.2, 0.25) is 0 Å². The van der Waals surface area contributed by atoms with E-state index in [2.05, 4.69) is 91.2 Å². The summed E-state index contributed by atoms with van der Waals surface area (Å²) >= 11 is 0. The number of hydrogen-bond donors (Lipinski definition) is 0. The topological polar surface area (TPSA) is 36.7 Å². The van der Waals surface area contributed by atoms with Crippen LogP contribution >= 0.6 is 0 Å². The number of aryl methyl sites for hydroxylation is 3. The average molecular weight is 412 g/mol. The zero-order valence-electron chi connectivity index (χ0n) is 18.5. The third kappa shape index (κ3) is 3.93. The van der Waals surface area contributed by atoms with E-state index in [0.29, 0.717) is 0 Å². The van der Waals surface area contributed by atoms with Gasteiger partial charge in [0.2, 0.25) is 0 Å². The van der Waals surface area contributed by atoms with Gasteiger partial charge in [-0.25, -0.2) is 4.98 Å². The Balaban J connectivity index is 1.42. The van der Waals surface area contributed by atoms with Crippen molar-refractivity contribution >= 4 is 11.5 Å². The molecule has 1 aliphatic rings. The minimum Gasteiger partial charge on any atom is -0.354 e. The first-order valence-electron chi connectivity index (χ1n) is 11.0. The Morgan fingerprint density at radius 1 is 0.839 bits per heavy atom. The molecule has 0 amide bonds. The Labute approximate surface area is 184 Å². The fraction of sp³-hybridized carbons (Fsp3) is 0.308. The molecule has 1 saturated heterocycles. The lowest BCUT2D eigenvalue weighted by Gasteiger charge is -2.36. The van der Waals surface area contributed by atoms with Crippen LogP contribution in [0.5, 0.6) is 0 Å². The fourth-order valence-corrected chi connectivity index (χ4v) is 4.41. The molecule has 5 rings (SSSR count). The Morgan fingerprint density at radius 2 is 1.55 bits per heavy atom. The van der Waals surface area contributed by atoms with E-state index in [9.17, 15) is 0 Å². The van der Waals surface area contributed by atoms with Gasteiger partial charge in [0.1, 0.15) is 5.82 Å². The van der Waals surface area contributed by atoms with Crippen LogP contribution < -0.4 is 4.90 Å². The quantitative estimate of drug-likeness (QED) is 0.490. The van der Waals surface area contributed by atoms with E-state index in [1.165, 1.54) is 11.1 Å². The summed E-state index contributed by atoms with van der Waals surface area (Å²) in [5.41, 5.74) is 7.92. The molecule has 2 aromatic carbocycles. The number of nitrogens with zero attached hydrogens (tertiary/aromatic N) is 5. The van der Waals surface area contributed by atoms with E-state index in [0.717, 1.165) is 66.7 Å². The zero-order valence-corrected chi connectivity index (χ0v) is 18.5. The molecule has 0 saturated carbocycles. The number of benzene rings is 2. The van der Waals surface area contributed by atoms with Crippen LogP contribution in [0, 0.1) is 20.8 Å². The molecule has 5 nitrogen and oxygen atoms in total. The number of hydrogen-bond acceptors (Lipinski definition) is 4. The summed E-state index contributed by atoms with van der Waals surface area (Å²) < 4.78 is 2.05. The first-order chi connectivity index (χ1) is 15.1. The smallest absolute Gasteiger partial charge is 0.161 e. The van der Waals surface area contributed by atoms with Gasteiger partial charge in [-0.05, 0) is 26.3 Å². The molecule has 5 heteroatoms. The molecule has 158 valence electrons. The Hall–Kier alpha value is -3.18. The van der Waals surface area contributed by atoms with Crippen molar-refractivity contribution in [3.63, 3.8) is 0 Å². The van der Waals surface area contributed by atoms with Crippen molar-refractivity contribution in [1.29, 1.82) is 0 Å². The molecule has 0 radical (unpaired) electrons. The predicted molar refractivity (Wildman–Crippen MR) is 127 cm³/mol. The van der Waals surface area contributed by atoms with Crippen LogP contribution in [-0.4, -0.2) is 45.7 Å². The average Bonchev–Trinajstić information content (AvgIpc) is 3.11. The second-order valence-electron chi connectivity index (χ2n) is 8.58. The third-order valence-corrected chi connectivity index (χ3v) is 6.20. The SMILES string of the molecule is Cc1ccc(-c2nn3c(N4CCN(Cc5ccccc5)CC4)cc(C)nc3c2C)cc1. The standard InChI is InChI=1S/C26H29N5/c1-19-9-11-23(12-10-19)25-21(3)26-27-20(2)17-24(31(26)28-25)30-15-13-29(14-16-30)18-22-7-5-4-6-8-22/h4-12,17H,13-16,18H2,1-3H3. The molecule has 0 spiro atoms. The third-order valence-electron chi connectivity index (χ3n) is 6.20. The molecule has 0 N–H and O–H groups in total. The molecule has 2 aromatic heterocycles. The van der Waals surface area contributed by atoms with Gasteiger partial charge in [-0.15, -0.1) is 0 Å². The predicted octanol–water partition coefficient (Wildman–Crippen LogP) is 4.64. The fourth-order valence-electron chi connectivity index (χ4n) is 4.41. The van der Waals surface area contributed by atoms with Crippen molar-refractivity contribution in [2.45, 2.75) is 27.3 Å². The molecule has 0 bridgehead atoms. The van der Waals surface area contributed by atoms with E-state index in [1.54, 1.807) is 0 Å². The highest BCUT2D eigenvalue weighted by atomic mass is 15.4. The second-order valence-corrected chi connectivity index (χ2v) is 8.58. The first kappa shape index (κ1) is 19.8. The largest absolute Gasteiger partial charge is 0.354 e. The summed E-state index contributed by atoms with van der Waals surface area (Å²) in [5.74, 6) is 1.14. The van der Waals surface area contributed by atoms with Crippen LogP contribution in [0.3, 0.4) is 0 Å². The molecular formula is C26H29N5. The molecule has 0 atom stereocenters. The maximum absolute atomic E-state index is 5.01. The van der Waals surface area contributed by atoms with Crippen molar-refractivity contribution in [2.75, 3.05) is 31.1 Å². The van der Waals surface area contributed by atoms with Crippen molar-refractivity contribution in [3.8, 4) is 11.3 Å². The number of rotatable bonds is 4. The van der Waals surface area contributed by atoms with E-state index in [1.807, 2.05) is 4.52 Å². The number of piperazine rings is 1. The summed E-state index contributed by atoms with van der Waals surface area (Å²) in [4.78, 5) is 9.81. The maximum Gasteiger partial charge on any atom is 0.161 e. The van der Waals surface area contributed by atoms with Crippen LogP contribution in [-0.2, 0) is 6.54 Å². The van der Waals surface area contributed by atoms with Crippen molar-refractivity contribution in [2.24, 2.45) is 0 Å². The summed E-state index contributed by atoms with van der Waals surface area (Å²) in [6.45, 7) is 11.4. The summed E-state index contributed by atoms with van der Waals surface area (Å²) in [5, 5.41) is 5.01. The first-order valence-corrected chi connectivity index (χ1v) is 11.0. The monoisotopic (exact) mass is 411 g/mol. The zero-order chi connectivity index (χ0) is 21.4. The summed E-state index contributed by atoms with van der Waals surface area (Å²) in [6.07, 6.45) is 0. The molecular weight excluding hydrogens is 382 g/mol. The minimum atomic E-state index is 0.956. The lowest BCUT2D eigenvalue weighted by Crippen LogP contribution is -2.46. The number of aromatic nitrogens is 3. The molecule has 1 aliphatic heterocycles. The molecule has 0 unspecified atom stereocenters. The van der Waals surface area contributed by atoms with Gasteiger partial charge < -0.3 is 4.90 Å². The van der Waals surface area contributed by atoms with Crippen LogP contribution in [0.1, 0.15) is 22.4 Å². The molecule has 0 aliphatic carbocycles. The highest BCUT2D eigenvalue weighted by Crippen LogP contribution is 2.28. The maximum atomic E-state index is 5.01. The highest BCUT2D eigenvalue weighted by molar-refractivity contribution is 5.72. The lowest BCUT2D eigenvalue weighted by molar-refractivity contribution is 0.249. The Bertz CT molecular complexity index is 1190. The van der Waals surface area contributed by atoms with Gasteiger partial charge in [0.25, 0.3) is 0 Å². The number of anilines is 1. The van der Waals surface area contributed by atoms with E-state index < -0.39 is 0 Å². The summed E-state index contributed by atoms with van der Waals surface area (Å²) in [7, 11) is 0. The van der Waals surface area contributed by atoms with E-state index in [-0.39, 0.29) is 0 Å². The Morgan fingerprint density at radius 3 is 2.26 bits per heavy atom. The van der Waals surface area contributed by atoms with Crippen LogP contribution in [0.15, 0.2) is 60.7 Å². The number of fused-ring (bicyclic) bond motifs is 1. The van der Waals surface area contributed by atoms with Crippen molar-refractivity contribution < 1.29 is 0 Å². The second kappa shape index (κ2) is 8.16. The molecule has 31 heavy (non-hydrogen) atoms. The van der Waals surface area contributed by atoms with Gasteiger partial charge in [-0.1, -0.05) is 60.2 Å². The van der Waals surface area contributed by atoms with Gasteiger partial charge >= 0.3 is 0 Å². The van der Waals surface area contributed by atoms with E-state index >= 15 is 0 Å². The van der Waals surface area contributed by atoms with Crippen LogP contribution in [0.25, 0.3) is 16.9 Å². The van der Waals surface area contributed by atoms with Gasteiger partial charge in [0.15, 0.2) is 5.65 Å². The summed E-state index contributed by atoms with van der Waals surface area (Å²) in [6, 6.07) is 21.5. The normalized spacial score (nSPS) is 15.0. The Kier molecular flexibility index (Phi) is 5.20. The van der Waals surface area contributed by atoms with Gasteiger partial charge in [-0.2, -0.15) is 9.61 Å². The highest BCUT2D eigenvalue weighted by Gasteiger charge is 2.22. The molecule has 3 heterocycles. The van der Waals surface area contributed by atoms with Crippen molar-refractivity contribution in [3.05, 3.63) is 83.0 Å². The van der Waals surface area contributed by atoms with Crippen molar-refractivity contribution in [1.82, 2.24) is 19.5 Å². The van der Waals surface area contributed by atoms with Crippen LogP contribution in [0.4, 0.5) is 5.82 Å².